The van der Waals surface area contributed by atoms with Gasteiger partial charge in [-0.1, -0.05) is 30.3 Å². The molecule has 0 amide bonds. The Morgan fingerprint density at radius 2 is 2.03 bits per heavy atom. The van der Waals surface area contributed by atoms with Gasteiger partial charge in [-0.25, -0.2) is 4.98 Å². The van der Waals surface area contributed by atoms with Crippen LogP contribution >= 0.6 is 23.7 Å². The Hall–Kier alpha value is -1.44. The molecule has 0 unspecified atom stereocenters. The molecule has 3 aliphatic rings. The van der Waals surface area contributed by atoms with Crippen molar-refractivity contribution in [2.45, 2.75) is 18.3 Å². The Kier molecular flexibility index (Phi) is 5.40. The number of imidazole rings is 1. The fraction of sp³-hybridized carbons (Fsp3) is 0.522. The van der Waals surface area contributed by atoms with Crippen molar-refractivity contribution in [3.05, 3.63) is 59.4 Å². The van der Waals surface area contributed by atoms with Gasteiger partial charge in [0.25, 0.3) is 0 Å². The number of rotatable bonds is 4. The third-order valence-corrected chi connectivity index (χ3v) is 8.37. The number of nitrogens with one attached hydrogen (secondary N) is 1. The summed E-state index contributed by atoms with van der Waals surface area (Å²) in [4.78, 5) is 8.84. The summed E-state index contributed by atoms with van der Waals surface area (Å²) in [5.41, 5.74) is 2.98. The third-order valence-electron chi connectivity index (χ3n) is 7.60. The van der Waals surface area contributed by atoms with Gasteiger partial charge in [-0.3, -0.25) is 4.40 Å². The second-order valence-electron chi connectivity index (χ2n) is 9.15. The van der Waals surface area contributed by atoms with Gasteiger partial charge in [0.1, 0.15) is 0 Å². The van der Waals surface area contributed by atoms with Crippen LogP contribution in [0.1, 0.15) is 24.1 Å². The van der Waals surface area contributed by atoms with E-state index >= 15 is 0 Å². The van der Waals surface area contributed by atoms with Gasteiger partial charge in [0.2, 0.25) is 0 Å². The normalized spacial score (nSPS) is 28.5. The first-order valence-corrected chi connectivity index (χ1v) is 11.6. The molecule has 3 aliphatic heterocycles. The minimum atomic E-state index is 0. The Labute approximate surface area is 187 Å². The van der Waals surface area contributed by atoms with Gasteiger partial charge in [0, 0.05) is 54.2 Å². The molecule has 0 aliphatic carbocycles. The summed E-state index contributed by atoms with van der Waals surface area (Å²) >= 11 is 1.72. The number of halogens is 1. The molecule has 5 nitrogen and oxygen atoms in total. The van der Waals surface area contributed by atoms with Gasteiger partial charge >= 0.3 is 0 Å². The number of thiazole rings is 1. The van der Waals surface area contributed by atoms with Crippen LogP contribution in [0.3, 0.4) is 0 Å². The van der Waals surface area contributed by atoms with Crippen LogP contribution in [0, 0.1) is 11.3 Å². The maximum Gasteiger partial charge on any atom is 0.193 e. The van der Waals surface area contributed by atoms with Crippen molar-refractivity contribution in [1.29, 1.82) is 0 Å². The standard InChI is InChI=1S/C23H28N4OS.ClH/c1-2-4-18(5-3-1)23(20-13-27-10-11-29-21(27)25-20)6-8-26(9-7-23)16-22-15-24-12-19(22)14-28-17-22;/h1-5,10-11,13,19,24H,6-9,12,14-17H2;1H/t19-,22-;/m0./s1. The van der Waals surface area contributed by atoms with E-state index in [0.29, 0.717) is 11.3 Å². The molecule has 0 bridgehead atoms. The van der Waals surface area contributed by atoms with Gasteiger partial charge in [0.05, 0.1) is 18.9 Å². The predicted molar refractivity (Wildman–Crippen MR) is 123 cm³/mol. The predicted octanol–water partition coefficient (Wildman–Crippen LogP) is 3.44. The average molecular weight is 445 g/mol. The van der Waals surface area contributed by atoms with Crippen molar-refractivity contribution in [2.75, 3.05) is 45.9 Å². The number of nitrogens with zero attached hydrogens (tertiary/aromatic N) is 3. The van der Waals surface area contributed by atoms with E-state index < -0.39 is 0 Å². The Bertz CT molecular complexity index is 956. The molecule has 2 atom stereocenters. The number of piperidine rings is 1. The molecule has 5 heterocycles. The molecule has 2 aromatic heterocycles. The van der Waals surface area contributed by atoms with Crippen LogP contribution in [0.4, 0.5) is 0 Å². The second-order valence-corrected chi connectivity index (χ2v) is 10.0. The lowest BCUT2D eigenvalue weighted by Crippen LogP contribution is -2.49. The third kappa shape index (κ3) is 3.21. The van der Waals surface area contributed by atoms with Gasteiger partial charge < -0.3 is 15.0 Å². The lowest BCUT2D eigenvalue weighted by atomic mass is 9.70. The van der Waals surface area contributed by atoms with E-state index in [1.54, 1.807) is 11.3 Å². The summed E-state index contributed by atoms with van der Waals surface area (Å²) in [6.07, 6.45) is 6.62. The van der Waals surface area contributed by atoms with Crippen LogP contribution in [-0.4, -0.2) is 60.2 Å². The SMILES string of the molecule is Cl.c1ccc(C2(c3cn4ccsc4n3)CCN(C[C@]34CNC[C@H]3COC4)CC2)cc1. The molecule has 6 rings (SSSR count). The van der Waals surface area contributed by atoms with Crippen LogP contribution in [-0.2, 0) is 10.2 Å². The molecule has 3 fully saturated rings. The van der Waals surface area contributed by atoms with Crippen molar-refractivity contribution in [3.63, 3.8) is 0 Å². The van der Waals surface area contributed by atoms with Crippen LogP contribution < -0.4 is 5.32 Å². The summed E-state index contributed by atoms with van der Waals surface area (Å²) in [7, 11) is 0. The first kappa shape index (κ1) is 20.5. The maximum absolute atomic E-state index is 5.88. The van der Waals surface area contributed by atoms with Crippen molar-refractivity contribution < 1.29 is 4.74 Å². The Morgan fingerprint density at radius 3 is 2.83 bits per heavy atom. The number of hydrogen-bond acceptors (Lipinski definition) is 5. The van der Waals surface area contributed by atoms with E-state index in [4.69, 9.17) is 9.72 Å². The number of likely N-dealkylation sites (tertiary alicyclic amines) is 1. The van der Waals surface area contributed by atoms with E-state index in [1.165, 1.54) is 11.3 Å². The molecular formula is C23H29ClN4OS. The highest BCUT2D eigenvalue weighted by Gasteiger charge is 2.49. The summed E-state index contributed by atoms with van der Waals surface area (Å²) < 4.78 is 8.06. The number of ether oxygens (including phenoxy) is 1. The van der Waals surface area contributed by atoms with Gasteiger partial charge in [-0.05, 0) is 31.5 Å². The highest BCUT2D eigenvalue weighted by molar-refractivity contribution is 7.15. The number of fused-ring (bicyclic) bond motifs is 2. The van der Waals surface area contributed by atoms with Gasteiger partial charge in [-0.2, -0.15) is 0 Å². The fourth-order valence-corrected chi connectivity index (χ4v) is 6.54. The molecule has 0 radical (unpaired) electrons. The first-order valence-electron chi connectivity index (χ1n) is 10.8. The smallest absolute Gasteiger partial charge is 0.193 e. The Balaban J connectivity index is 0.00000193. The average Bonchev–Trinajstić information content (AvgIpc) is 3.50. The second kappa shape index (κ2) is 7.92. The largest absolute Gasteiger partial charge is 0.380 e. The van der Waals surface area contributed by atoms with E-state index in [1.807, 2.05) is 0 Å². The van der Waals surface area contributed by atoms with E-state index in [-0.39, 0.29) is 17.8 Å². The van der Waals surface area contributed by atoms with Crippen LogP contribution in [0.15, 0.2) is 48.1 Å². The summed E-state index contributed by atoms with van der Waals surface area (Å²) in [6.45, 7) is 7.47. The Morgan fingerprint density at radius 1 is 1.20 bits per heavy atom. The molecular weight excluding hydrogens is 416 g/mol. The summed E-state index contributed by atoms with van der Waals surface area (Å²) in [6, 6.07) is 11.1. The molecule has 7 heteroatoms. The molecule has 1 N–H and O–H groups in total. The summed E-state index contributed by atoms with van der Waals surface area (Å²) in [5.74, 6) is 0.684. The number of hydrogen-bond donors (Lipinski definition) is 1. The molecule has 30 heavy (non-hydrogen) atoms. The summed E-state index contributed by atoms with van der Waals surface area (Å²) in [5, 5.41) is 5.73. The number of benzene rings is 1. The van der Waals surface area contributed by atoms with E-state index in [9.17, 15) is 0 Å². The monoisotopic (exact) mass is 444 g/mol. The van der Waals surface area contributed by atoms with Crippen molar-refractivity contribution in [2.24, 2.45) is 11.3 Å². The maximum atomic E-state index is 5.88. The van der Waals surface area contributed by atoms with Crippen molar-refractivity contribution >= 4 is 28.7 Å². The first-order chi connectivity index (χ1) is 14.3. The molecule has 1 aromatic carbocycles. The van der Waals surface area contributed by atoms with Gasteiger partial charge in [0.15, 0.2) is 4.96 Å². The van der Waals surface area contributed by atoms with Gasteiger partial charge in [-0.15, -0.1) is 23.7 Å². The van der Waals surface area contributed by atoms with E-state index in [0.717, 1.165) is 63.7 Å². The minimum Gasteiger partial charge on any atom is -0.380 e. The number of aromatic nitrogens is 2. The lowest BCUT2D eigenvalue weighted by Gasteiger charge is -2.44. The van der Waals surface area contributed by atoms with Crippen LogP contribution in [0.25, 0.3) is 4.96 Å². The highest BCUT2D eigenvalue weighted by Crippen LogP contribution is 2.44. The van der Waals surface area contributed by atoms with Crippen LogP contribution in [0.5, 0.6) is 0 Å². The zero-order chi connectivity index (χ0) is 19.3. The molecule has 3 aromatic rings. The van der Waals surface area contributed by atoms with Crippen molar-refractivity contribution in [3.8, 4) is 0 Å². The van der Waals surface area contributed by atoms with Crippen molar-refractivity contribution in [1.82, 2.24) is 19.6 Å². The molecule has 0 spiro atoms. The van der Waals surface area contributed by atoms with Crippen LogP contribution in [0.2, 0.25) is 0 Å². The molecule has 160 valence electrons. The quantitative estimate of drug-likeness (QED) is 0.669. The molecule has 0 saturated carbocycles. The zero-order valence-corrected chi connectivity index (χ0v) is 18.8. The zero-order valence-electron chi connectivity index (χ0n) is 17.1. The highest BCUT2D eigenvalue weighted by atomic mass is 35.5. The molecule has 3 saturated heterocycles. The topological polar surface area (TPSA) is 41.8 Å². The fourth-order valence-electron chi connectivity index (χ4n) is 5.84. The minimum absolute atomic E-state index is 0. The lowest BCUT2D eigenvalue weighted by molar-refractivity contribution is 0.0880. The van der Waals surface area contributed by atoms with E-state index in [2.05, 4.69) is 62.7 Å².